The molecule has 4 rings (SSSR count). The summed E-state index contributed by atoms with van der Waals surface area (Å²) < 4.78 is 11.9. The van der Waals surface area contributed by atoms with Gasteiger partial charge in [0, 0.05) is 23.3 Å². The number of anilines is 2. The molecule has 0 saturated heterocycles. The number of aliphatic carboxylic acids is 1. The number of nitrogens with zero attached hydrogens (tertiary/aromatic N) is 1. The minimum Gasteiger partial charge on any atom is -0.490 e. The zero-order valence-electron chi connectivity index (χ0n) is 19.7. The number of fused-ring (bicyclic) bond motifs is 1. The van der Waals surface area contributed by atoms with E-state index in [2.05, 4.69) is 10.2 Å². The van der Waals surface area contributed by atoms with Crippen LogP contribution in [0.15, 0.2) is 66.7 Å². The summed E-state index contributed by atoms with van der Waals surface area (Å²) in [7, 11) is 2.02. The Bertz CT molecular complexity index is 1240. The lowest BCUT2D eigenvalue weighted by molar-refractivity contribution is -0.142. The number of ether oxygens (including phenoxy) is 2. The van der Waals surface area contributed by atoms with Crippen molar-refractivity contribution in [3.05, 3.63) is 82.9 Å². The van der Waals surface area contributed by atoms with E-state index in [0.29, 0.717) is 40.7 Å². The molecule has 1 heterocycles. The molecule has 182 valence electrons. The number of amides is 1. The first-order valence-electron chi connectivity index (χ1n) is 11.2. The normalized spacial score (nSPS) is 15.1. The van der Waals surface area contributed by atoms with Gasteiger partial charge in [-0.15, -0.1) is 0 Å². The Balaban J connectivity index is 1.37. The number of benzene rings is 3. The van der Waals surface area contributed by atoms with Crippen LogP contribution >= 0.6 is 11.6 Å². The van der Waals surface area contributed by atoms with Crippen molar-refractivity contribution >= 4 is 34.9 Å². The summed E-state index contributed by atoms with van der Waals surface area (Å²) in [5.41, 5.74) is 1.25. The van der Waals surface area contributed by atoms with Crippen molar-refractivity contribution in [2.24, 2.45) is 0 Å². The van der Waals surface area contributed by atoms with Gasteiger partial charge in [-0.05, 0) is 74.0 Å². The van der Waals surface area contributed by atoms with Crippen LogP contribution in [0, 0.1) is 0 Å². The predicted octanol–water partition coefficient (Wildman–Crippen LogP) is 5.23. The molecule has 1 aliphatic rings. The van der Waals surface area contributed by atoms with Crippen LogP contribution in [-0.4, -0.2) is 43.3 Å². The second-order valence-corrected chi connectivity index (χ2v) is 9.47. The van der Waals surface area contributed by atoms with Crippen LogP contribution in [0.25, 0.3) is 0 Å². The van der Waals surface area contributed by atoms with Crippen LogP contribution in [-0.2, 0) is 10.2 Å². The molecule has 8 heteroatoms. The molecule has 1 aliphatic heterocycles. The molecule has 0 bridgehead atoms. The number of carbonyl (C=O) groups excluding carboxylic acids is 1. The second-order valence-electron chi connectivity index (χ2n) is 9.04. The van der Waals surface area contributed by atoms with Gasteiger partial charge in [-0.1, -0.05) is 23.7 Å². The maximum absolute atomic E-state index is 12.8. The standard InChI is InChI=1S/C27H27ClN2O5/c1-27(2,26(32)33)18-12-19(28)14-20(13-18)29-25(31)17-8-10-21(11-9-17)34-16-22-15-30(3)23-6-4-5-7-24(23)35-22/h4-14,22H,15-16H2,1-3H3,(H,29,31)(H,32,33)/t22-/m0/s1. The Kier molecular flexibility index (Phi) is 6.89. The quantitative estimate of drug-likeness (QED) is 0.467. The van der Waals surface area contributed by atoms with Crippen molar-refractivity contribution in [2.45, 2.75) is 25.4 Å². The molecule has 7 nitrogen and oxygen atoms in total. The van der Waals surface area contributed by atoms with Gasteiger partial charge in [0.15, 0.2) is 0 Å². The molecule has 2 N–H and O–H groups in total. The zero-order chi connectivity index (χ0) is 25.2. The third kappa shape index (κ3) is 5.52. The van der Waals surface area contributed by atoms with E-state index in [1.165, 1.54) is 0 Å². The maximum atomic E-state index is 12.8. The van der Waals surface area contributed by atoms with E-state index in [-0.39, 0.29) is 12.0 Å². The lowest BCUT2D eigenvalue weighted by Crippen LogP contribution is -2.41. The number of halogens is 1. The number of likely N-dealkylation sites (N-methyl/N-ethyl adjacent to an activating group) is 1. The molecule has 0 unspecified atom stereocenters. The number of para-hydroxylation sites is 2. The molecule has 35 heavy (non-hydrogen) atoms. The summed E-state index contributed by atoms with van der Waals surface area (Å²) >= 11 is 6.17. The minimum absolute atomic E-state index is 0.120. The first-order chi connectivity index (χ1) is 16.6. The minimum atomic E-state index is -1.15. The van der Waals surface area contributed by atoms with E-state index < -0.39 is 11.4 Å². The number of hydrogen-bond donors (Lipinski definition) is 2. The molecular weight excluding hydrogens is 468 g/mol. The first kappa shape index (κ1) is 24.4. The van der Waals surface area contributed by atoms with E-state index in [1.54, 1.807) is 56.3 Å². The highest BCUT2D eigenvalue weighted by atomic mass is 35.5. The fraction of sp³-hybridized carbons (Fsp3) is 0.259. The van der Waals surface area contributed by atoms with Crippen LogP contribution in [0.3, 0.4) is 0 Å². The van der Waals surface area contributed by atoms with Crippen molar-refractivity contribution in [3.8, 4) is 11.5 Å². The van der Waals surface area contributed by atoms with Crippen LogP contribution in [0.2, 0.25) is 5.02 Å². The van der Waals surface area contributed by atoms with Gasteiger partial charge in [-0.2, -0.15) is 0 Å². The number of rotatable bonds is 7. The smallest absolute Gasteiger partial charge is 0.313 e. The lowest BCUT2D eigenvalue weighted by atomic mass is 9.84. The average molecular weight is 495 g/mol. The van der Waals surface area contributed by atoms with Crippen molar-refractivity contribution < 1.29 is 24.2 Å². The molecule has 1 amide bonds. The van der Waals surface area contributed by atoms with E-state index in [1.807, 2.05) is 31.3 Å². The monoisotopic (exact) mass is 494 g/mol. The van der Waals surface area contributed by atoms with Crippen LogP contribution in [0.5, 0.6) is 11.5 Å². The highest BCUT2D eigenvalue weighted by Gasteiger charge is 2.30. The zero-order valence-corrected chi connectivity index (χ0v) is 20.5. The van der Waals surface area contributed by atoms with E-state index in [4.69, 9.17) is 21.1 Å². The SMILES string of the molecule is CN1C[C@@H](COc2ccc(C(=O)Nc3cc(Cl)cc(C(C)(C)C(=O)O)c3)cc2)Oc2ccccc21. The van der Waals surface area contributed by atoms with Crippen LogP contribution < -0.4 is 19.7 Å². The molecule has 0 saturated carbocycles. The Labute approximate surface area is 209 Å². The number of carbonyl (C=O) groups is 2. The van der Waals surface area contributed by atoms with Crippen LogP contribution in [0.4, 0.5) is 11.4 Å². The summed E-state index contributed by atoms with van der Waals surface area (Å²) in [5.74, 6) is 0.131. The van der Waals surface area contributed by atoms with Gasteiger partial charge in [0.2, 0.25) is 0 Å². The van der Waals surface area contributed by atoms with Crippen molar-refractivity contribution in [3.63, 3.8) is 0 Å². The van der Waals surface area contributed by atoms with Gasteiger partial charge in [0.25, 0.3) is 5.91 Å². The van der Waals surface area contributed by atoms with E-state index >= 15 is 0 Å². The van der Waals surface area contributed by atoms with Gasteiger partial charge in [-0.3, -0.25) is 9.59 Å². The van der Waals surface area contributed by atoms with Gasteiger partial charge in [0.1, 0.15) is 24.2 Å². The molecule has 0 fully saturated rings. The third-order valence-electron chi connectivity index (χ3n) is 6.01. The Morgan fingerprint density at radius 1 is 1.14 bits per heavy atom. The van der Waals surface area contributed by atoms with Gasteiger partial charge in [0.05, 0.1) is 17.6 Å². The van der Waals surface area contributed by atoms with Crippen molar-refractivity contribution in [2.75, 3.05) is 30.4 Å². The van der Waals surface area contributed by atoms with Crippen molar-refractivity contribution in [1.82, 2.24) is 0 Å². The lowest BCUT2D eigenvalue weighted by Gasteiger charge is -2.33. The summed E-state index contributed by atoms with van der Waals surface area (Å²) in [5, 5.41) is 12.6. The predicted molar refractivity (Wildman–Crippen MR) is 136 cm³/mol. The number of hydrogen-bond acceptors (Lipinski definition) is 5. The van der Waals surface area contributed by atoms with E-state index in [9.17, 15) is 14.7 Å². The average Bonchev–Trinajstić information content (AvgIpc) is 2.82. The molecular formula is C27H27ClN2O5. The summed E-state index contributed by atoms with van der Waals surface area (Å²) in [6, 6.07) is 19.5. The maximum Gasteiger partial charge on any atom is 0.313 e. The van der Waals surface area contributed by atoms with Crippen LogP contribution in [0.1, 0.15) is 29.8 Å². The van der Waals surface area contributed by atoms with E-state index in [0.717, 1.165) is 11.4 Å². The topological polar surface area (TPSA) is 88.1 Å². The number of carboxylic acid groups (broad SMARTS) is 1. The second kappa shape index (κ2) is 9.88. The summed E-state index contributed by atoms with van der Waals surface area (Å²) in [6.07, 6.45) is -0.120. The van der Waals surface area contributed by atoms with Gasteiger partial charge in [-0.25, -0.2) is 0 Å². The summed E-state index contributed by atoms with van der Waals surface area (Å²) in [6.45, 7) is 4.24. The fourth-order valence-electron chi connectivity index (χ4n) is 3.82. The highest BCUT2D eigenvalue weighted by molar-refractivity contribution is 6.31. The number of nitrogens with one attached hydrogen (secondary N) is 1. The first-order valence-corrected chi connectivity index (χ1v) is 11.6. The van der Waals surface area contributed by atoms with Gasteiger partial charge >= 0.3 is 5.97 Å². The largest absolute Gasteiger partial charge is 0.490 e. The Morgan fingerprint density at radius 2 is 1.86 bits per heavy atom. The Hall–Kier alpha value is -3.71. The molecule has 0 aliphatic carbocycles. The van der Waals surface area contributed by atoms with Gasteiger partial charge < -0.3 is 24.8 Å². The number of carboxylic acids is 1. The fourth-order valence-corrected chi connectivity index (χ4v) is 4.06. The molecule has 0 spiro atoms. The van der Waals surface area contributed by atoms with Crippen molar-refractivity contribution in [1.29, 1.82) is 0 Å². The molecule has 3 aromatic carbocycles. The summed E-state index contributed by atoms with van der Waals surface area (Å²) in [4.78, 5) is 26.5. The molecule has 3 aromatic rings. The Morgan fingerprint density at radius 3 is 2.57 bits per heavy atom. The third-order valence-corrected chi connectivity index (χ3v) is 6.23. The molecule has 1 atom stereocenters. The highest BCUT2D eigenvalue weighted by Crippen LogP contribution is 2.32. The molecule has 0 radical (unpaired) electrons. The molecule has 0 aromatic heterocycles.